The van der Waals surface area contributed by atoms with Gasteiger partial charge in [-0.15, -0.1) is 22.7 Å². The lowest BCUT2D eigenvalue weighted by atomic mass is 9.70. The molecule has 0 amide bonds. The fourth-order valence-corrected chi connectivity index (χ4v) is 7.09. The highest BCUT2D eigenvalue weighted by Gasteiger charge is 2.36. The number of aromatic nitrogens is 1. The number of halogens is 2. The molecular weight excluding hydrogens is 462 g/mol. The molecule has 0 radical (unpaired) electrons. The second kappa shape index (κ2) is 7.64. The van der Waals surface area contributed by atoms with Crippen molar-refractivity contribution in [3.63, 3.8) is 0 Å². The van der Waals surface area contributed by atoms with Crippen LogP contribution in [0.2, 0.25) is 5.15 Å². The van der Waals surface area contributed by atoms with E-state index in [1.165, 1.54) is 16.2 Å². The van der Waals surface area contributed by atoms with Crippen LogP contribution in [-0.2, 0) is 6.54 Å². The second-order valence-electron chi connectivity index (χ2n) is 8.06. The molecule has 1 aliphatic carbocycles. The van der Waals surface area contributed by atoms with Crippen molar-refractivity contribution in [2.24, 2.45) is 11.1 Å². The molecule has 7 heteroatoms. The minimum atomic E-state index is 0.177. The average molecular weight is 485 g/mol. The Morgan fingerprint density at radius 2 is 2.26 bits per heavy atom. The molecule has 0 saturated heterocycles. The number of anilines is 1. The van der Waals surface area contributed by atoms with Crippen LogP contribution in [0.4, 0.5) is 5.69 Å². The smallest absolute Gasteiger partial charge is 0.131 e. The van der Waals surface area contributed by atoms with Crippen LogP contribution in [0.25, 0.3) is 10.2 Å². The van der Waals surface area contributed by atoms with E-state index in [-0.39, 0.29) is 6.04 Å². The van der Waals surface area contributed by atoms with E-state index in [2.05, 4.69) is 57.6 Å². The van der Waals surface area contributed by atoms with Gasteiger partial charge in [-0.25, -0.2) is 4.98 Å². The molecule has 0 spiro atoms. The maximum atomic E-state index is 6.59. The third kappa shape index (κ3) is 4.06. The molecule has 0 unspecified atom stereocenters. The number of pyridine rings is 1. The molecule has 1 fully saturated rings. The van der Waals surface area contributed by atoms with Gasteiger partial charge < -0.3 is 11.1 Å². The van der Waals surface area contributed by atoms with Crippen molar-refractivity contribution in [1.29, 1.82) is 0 Å². The maximum absolute atomic E-state index is 6.59. The summed E-state index contributed by atoms with van der Waals surface area (Å²) in [7, 11) is 0. The summed E-state index contributed by atoms with van der Waals surface area (Å²) < 4.78 is 2.21. The molecule has 0 bridgehead atoms. The zero-order valence-electron chi connectivity index (χ0n) is 15.4. The summed E-state index contributed by atoms with van der Waals surface area (Å²) in [5, 5.41) is 6.15. The molecule has 3 aromatic heterocycles. The van der Waals surface area contributed by atoms with Crippen molar-refractivity contribution >= 4 is 66.1 Å². The minimum absolute atomic E-state index is 0.177. The molecule has 3 N–H and O–H groups in total. The Hall–Kier alpha value is -0.660. The second-order valence-corrected chi connectivity index (χ2v) is 11.3. The Labute approximate surface area is 181 Å². The number of hydrogen-bond donors (Lipinski definition) is 2. The van der Waals surface area contributed by atoms with Crippen molar-refractivity contribution in [3.8, 4) is 0 Å². The summed E-state index contributed by atoms with van der Waals surface area (Å²) in [5.74, 6) is 0.371. The fourth-order valence-electron chi connectivity index (χ4n) is 3.96. The molecule has 27 heavy (non-hydrogen) atoms. The molecule has 2 atom stereocenters. The van der Waals surface area contributed by atoms with Gasteiger partial charge in [-0.1, -0.05) is 31.5 Å². The Balaban J connectivity index is 1.69. The van der Waals surface area contributed by atoms with Crippen molar-refractivity contribution in [1.82, 2.24) is 4.98 Å². The number of rotatable bonds is 4. The molecule has 1 aliphatic rings. The molecule has 3 nitrogen and oxygen atoms in total. The van der Waals surface area contributed by atoms with Gasteiger partial charge in [0.05, 0.1) is 20.4 Å². The van der Waals surface area contributed by atoms with E-state index in [1.54, 1.807) is 22.7 Å². The zero-order chi connectivity index (χ0) is 19.2. The van der Waals surface area contributed by atoms with Gasteiger partial charge >= 0.3 is 0 Å². The summed E-state index contributed by atoms with van der Waals surface area (Å²) in [6.45, 7) is 5.42. The summed E-state index contributed by atoms with van der Waals surface area (Å²) in [6.07, 6.45) is 3.37. The number of nitrogens with zero attached hydrogens (tertiary/aromatic N) is 1. The number of nitrogens with two attached hydrogens (primary N) is 1. The highest BCUT2D eigenvalue weighted by atomic mass is 79.9. The zero-order valence-corrected chi connectivity index (χ0v) is 19.4. The lowest BCUT2D eigenvalue weighted by Crippen LogP contribution is -2.38. The topological polar surface area (TPSA) is 50.9 Å². The fraction of sp³-hybridized carbons (Fsp3) is 0.450. The first-order valence-corrected chi connectivity index (χ1v) is 12.0. The van der Waals surface area contributed by atoms with Crippen molar-refractivity contribution < 1.29 is 0 Å². The van der Waals surface area contributed by atoms with E-state index in [9.17, 15) is 0 Å². The number of hydrogen-bond acceptors (Lipinski definition) is 5. The van der Waals surface area contributed by atoms with Gasteiger partial charge in [-0.2, -0.15) is 0 Å². The van der Waals surface area contributed by atoms with E-state index in [0.29, 0.717) is 16.5 Å². The SMILES string of the molecule is CC1(C)CC[C@@H](c2sc3c(NCc4cccs4)cc(Cl)nc3c2Br)[C@H](N)C1. The molecule has 4 rings (SSSR count). The van der Waals surface area contributed by atoms with Crippen molar-refractivity contribution in [3.05, 3.63) is 43.0 Å². The van der Waals surface area contributed by atoms with Gasteiger partial charge in [0.1, 0.15) is 5.15 Å². The molecule has 1 saturated carbocycles. The first kappa shape index (κ1) is 19.6. The number of fused-ring (bicyclic) bond motifs is 1. The van der Waals surface area contributed by atoms with Gasteiger partial charge in [0.25, 0.3) is 0 Å². The summed E-state index contributed by atoms with van der Waals surface area (Å²) >= 11 is 13.7. The van der Waals surface area contributed by atoms with Crippen LogP contribution >= 0.6 is 50.2 Å². The minimum Gasteiger partial charge on any atom is -0.379 e. The average Bonchev–Trinajstić information content (AvgIpc) is 3.21. The van der Waals surface area contributed by atoms with Crippen LogP contribution in [-0.4, -0.2) is 11.0 Å². The van der Waals surface area contributed by atoms with E-state index >= 15 is 0 Å². The molecule has 3 aromatic rings. The summed E-state index contributed by atoms with van der Waals surface area (Å²) in [5.41, 5.74) is 8.90. The Kier molecular flexibility index (Phi) is 5.56. The Bertz CT molecular complexity index is 952. The van der Waals surface area contributed by atoms with Crippen LogP contribution in [0, 0.1) is 5.41 Å². The number of nitrogens with one attached hydrogen (secondary N) is 1. The molecular formula is C20H23BrClN3S2. The van der Waals surface area contributed by atoms with Gasteiger partial charge in [-0.05, 0) is 52.1 Å². The van der Waals surface area contributed by atoms with Gasteiger partial charge in [0, 0.05) is 34.3 Å². The standard InChI is InChI=1S/C20H23BrClN3S2/c1-20(2)6-5-12(13(23)9-20)18-16(21)17-19(27-18)14(8-15(22)25-17)24-10-11-4-3-7-26-11/h3-4,7-8,12-13H,5-6,9-10,23H2,1-2H3,(H,24,25)/t12-,13-/m1/s1. The monoisotopic (exact) mass is 483 g/mol. The predicted molar refractivity (Wildman–Crippen MR) is 122 cm³/mol. The van der Waals surface area contributed by atoms with Crippen LogP contribution in [0.5, 0.6) is 0 Å². The summed E-state index contributed by atoms with van der Waals surface area (Å²) in [4.78, 5) is 7.20. The largest absolute Gasteiger partial charge is 0.379 e. The third-order valence-corrected chi connectivity index (χ3v) is 8.86. The van der Waals surface area contributed by atoms with E-state index < -0.39 is 0 Å². The first-order chi connectivity index (χ1) is 12.8. The van der Waals surface area contributed by atoms with E-state index in [1.807, 2.05) is 6.07 Å². The quantitative estimate of drug-likeness (QED) is 0.392. The van der Waals surface area contributed by atoms with Gasteiger partial charge in [-0.3, -0.25) is 0 Å². The molecule has 0 aliphatic heterocycles. The first-order valence-electron chi connectivity index (χ1n) is 9.14. The van der Waals surface area contributed by atoms with Gasteiger partial charge in [0.2, 0.25) is 0 Å². The lowest BCUT2D eigenvalue weighted by Gasteiger charge is -2.38. The lowest BCUT2D eigenvalue weighted by molar-refractivity contribution is 0.200. The van der Waals surface area contributed by atoms with Crippen LogP contribution in [0.1, 0.15) is 48.8 Å². The molecule has 0 aromatic carbocycles. The van der Waals surface area contributed by atoms with Crippen LogP contribution < -0.4 is 11.1 Å². The molecule has 3 heterocycles. The predicted octanol–water partition coefficient (Wildman–Crippen LogP) is 7.01. The normalized spacial score (nSPS) is 22.3. The van der Waals surface area contributed by atoms with Crippen molar-refractivity contribution in [2.45, 2.75) is 51.6 Å². The van der Waals surface area contributed by atoms with Crippen molar-refractivity contribution in [2.75, 3.05) is 5.32 Å². The van der Waals surface area contributed by atoms with E-state index in [0.717, 1.165) is 39.8 Å². The van der Waals surface area contributed by atoms with Gasteiger partial charge in [0.15, 0.2) is 0 Å². The maximum Gasteiger partial charge on any atom is 0.131 e. The van der Waals surface area contributed by atoms with Crippen LogP contribution in [0.15, 0.2) is 28.1 Å². The number of thiophene rings is 2. The highest BCUT2D eigenvalue weighted by molar-refractivity contribution is 9.10. The Morgan fingerprint density at radius 1 is 1.44 bits per heavy atom. The highest BCUT2D eigenvalue weighted by Crippen LogP contribution is 2.49. The Morgan fingerprint density at radius 3 is 2.96 bits per heavy atom. The summed E-state index contributed by atoms with van der Waals surface area (Å²) in [6, 6.07) is 6.31. The third-order valence-electron chi connectivity index (χ3n) is 5.39. The molecule has 144 valence electrons. The van der Waals surface area contributed by atoms with E-state index in [4.69, 9.17) is 17.3 Å². The van der Waals surface area contributed by atoms with Crippen LogP contribution in [0.3, 0.4) is 0 Å².